The van der Waals surface area contributed by atoms with E-state index in [0.717, 1.165) is 24.8 Å². The Balaban J connectivity index is 2.65. The van der Waals surface area contributed by atoms with E-state index in [1.54, 1.807) is 25.3 Å². The summed E-state index contributed by atoms with van der Waals surface area (Å²) in [5, 5.41) is 0. The molecule has 0 saturated carbocycles. The van der Waals surface area contributed by atoms with Gasteiger partial charge in [0.05, 0.1) is 7.11 Å². The lowest BCUT2D eigenvalue weighted by Crippen LogP contribution is -2.08. The van der Waals surface area contributed by atoms with E-state index >= 15 is 0 Å². The summed E-state index contributed by atoms with van der Waals surface area (Å²) >= 11 is 0. The minimum absolute atomic E-state index is 0.215. The van der Waals surface area contributed by atoms with Gasteiger partial charge in [0.2, 0.25) is 0 Å². The number of methoxy groups -OCH3 is 1. The van der Waals surface area contributed by atoms with E-state index in [9.17, 15) is 4.79 Å². The highest BCUT2D eigenvalue weighted by molar-refractivity contribution is 5.73. The molecule has 1 aromatic carbocycles. The van der Waals surface area contributed by atoms with Crippen LogP contribution >= 0.6 is 0 Å². The number of benzene rings is 1. The number of esters is 1. The van der Waals surface area contributed by atoms with Crippen molar-refractivity contribution < 1.29 is 14.3 Å². The molecule has 0 saturated heterocycles. The summed E-state index contributed by atoms with van der Waals surface area (Å²) < 4.78 is 10.5. The van der Waals surface area contributed by atoms with Crippen LogP contribution in [-0.4, -0.2) is 13.1 Å². The molecular weight excluding hydrogens is 228 g/mol. The number of carbonyl (C=O) groups excluding carboxylic acids is 1. The van der Waals surface area contributed by atoms with Crippen molar-refractivity contribution >= 4 is 12.0 Å². The molecule has 0 fully saturated rings. The number of ether oxygens (including phenoxy) is 2. The lowest BCUT2D eigenvalue weighted by Gasteiger charge is -2.09. The molecule has 0 aliphatic carbocycles. The molecule has 0 radical (unpaired) electrons. The first-order valence-electron chi connectivity index (χ1n) is 6.22. The Morgan fingerprint density at radius 3 is 2.72 bits per heavy atom. The zero-order valence-corrected chi connectivity index (χ0v) is 11.1. The predicted molar refractivity (Wildman–Crippen MR) is 72.9 cm³/mol. The van der Waals surface area contributed by atoms with Crippen LogP contribution in [0.1, 0.15) is 38.2 Å². The summed E-state index contributed by atoms with van der Waals surface area (Å²) in [5.74, 6) is 0.800. The van der Waals surface area contributed by atoms with Crippen LogP contribution in [0.25, 0.3) is 6.08 Å². The van der Waals surface area contributed by atoms with Crippen molar-refractivity contribution in [3.63, 3.8) is 0 Å². The van der Waals surface area contributed by atoms with E-state index < -0.39 is 0 Å². The Morgan fingerprint density at radius 1 is 1.33 bits per heavy atom. The lowest BCUT2D eigenvalue weighted by molar-refractivity contribution is -0.134. The van der Waals surface area contributed by atoms with Gasteiger partial charge in [0.15, 0.2) is 11.5 Å². The fraction of sp³-hybridized carbons (Fsp3) is 0.400. The highest BCUT2D eigenvalue weighted by Gasteiger charge is 2.09. The van der Waals surface area contributed by atoms with Crippen molar-refractivity contribution in [1.29, 1.82) is 0 Å². The Morgan fingerprint density at radius 2 is 2.11 bits per heavy atom. The topological polar surface area (TPSA) is 35.5 Å². The SMILES string of the molecule is C=Cc1ccc(OC(=O)CCCCC)c(OC)c1. The summed E-state index contributed by atoms with van der Waals surface area (Å²) in [7, 11) is 1.55. The van der Waals surface area contributed by atoms with Gasteiger partial charge in [-0.15, -0.1) is 0 Å². The zero-order valence-electron chi connectivity index (χ0n) is 11.1. The number of carbonyl (C=O) groups is 1. The number of hydrogen-bond acceptors (Lipinski definition) is 3. The molecule has 0 spiro atoms. The van der Waals surface area contributed by atoms with E-state index in [1.807, 2.05) is 6.07 Å². The molecule has 1 aromatic rings. The van der Waals surface area contributed by atoms with Gasteiger partial charge in [-0.2, -0.15) is 0 Å². The molecule has 0 atom stereocenters. The van der Waals surface area contributed by atoms with Crippen LogP contribution in [0.5, 0.6) is 11.5 Å². The first-order valence-corrected chi connectivity index (χ1v) is 6.22. The summed E-state index contributed by atoms with van der Waals surface area (Å²) in [6, 6.07) is 5.36. The summed E-state index contributed by atoms with van der Waals surface area (Å²) in [6.45, 7) is 5.78. The third-order valence-electron chi connectivity index (χ3n) is 2.63. The van der Waals surface area contributed by atoms with Crippen LogP contribution in [0.2, 0.25) is 0 Å². The third kappa shape index (κ3) is 4.24. The Bertz CT molecular complexity index is 410. The van der Waals surface area contributed by atoms with Gasteiger partial charge >= 0.3 is 5.97 Å². The zero-order chi connectivity index (χ0) is 13.4. The van der Waals surface area contributed by atoms with Crippen molar-refractivity contribution in [3.8, 4) is 11.5 Å². The van der Waals surface area contributed by atoms with Crippen LogP contribution in [0, 0.1) is 0 Å². The first kappa shape index (κ1) is 14.3. The normalized spacial score (nSPS) is 9.89. The van der Waals surface area contributed by atoms with Gasteiger partial charge < -0.3 is 9.47 Å². The van der Waals surface area contributed by atoms with Crippen molar-refractivity contribution in [2.75, 3.05) is 7.11 Å². The molecule has 98 valence electrons. The number of unbranched alkanes of at least 4 members (excludes halogenated alkanes) is 2. The van der Waals surface area contributed by atoms with Crippen LogP contribution in [0.4, 0.5) is 0 Å². The van der Waals surface area contributed by atoms with Gasteiger partial charge in [0.25, 0.3) is 0 Å². The number of hydrogen-bond donors (Lipinski definition) is 0. The fourth-order valence-corrected chi connectivity index (χ4v) is 1.59. The first-order chi connectivity index (χ1) is 8.71. The summed E-state index contributed by atoms with van der Waals surface area (Å²) in [5.41, 5.74) is 0.928. The molecule has 0 aliphatic rings. The largest absolute Gasteiger partial charge is 0.493 e. The molecule has 0 unspecified atom stereocenters. The molecule has 0 amide bonds. The molecular formula is C15H20O3. The molecule has 0 aromatic heterocycles. The van der Waals surface area contributed by atoms with E-state index in [2.05, 4.69) is 13.5 Å². The van der Waals surface area contributed by atoms with Gasteiger partial charge in [-0.3, -0.25) is 4.79 Å². The molecule has 0 heterocycles. The van der Waals surface area contributed by atoms with E-state index in [1.165, 1.54) is 0 Å². The second kappa shape index (κ2) is 7.54. The summed E-state index contributed by atoms with van der Waals surface area (Å²) in [4.78, 5) is 11.6. The Hall–Kier alpha value is -1.77. The monoisotopic (exact) mass is 248 g/mol. The molecule has 0 bridgehead atoms. The average molecular weight is 248 g/mol. The van der Waals surface area contributed by atoms with Crippen LogP contribution in [0.3, 0.4) is 0 Å². The van der Waals surface area contributed by atoms with Gasteiger partial charge in [-0.05, 0) is 24.1 Å². The second-order valence-corrected chi connectivity index (χ2v) is 4.05. The quantitative estimate of drug-likeness (QED) is 0.418. The molecule has 18 heavy (non-hydrogen) atoms. The average Bonchev–Trinajstić information content (AvgIpc) is 2.39. The van der Waals surface area contributed by atoms with E-state index in [-0.39, 0.29) is 5.97 Å². The van der Waals surface area contributed by atoms with E-state index in [0.29, 0.717) is 17.9 Å². The van der Waals surface area contributed by atoms with Gasteiger partial charge in [-0.25, -0.2) is 0 Å². The maximum Gasteiger partial charge on any atom is 0.311 e. The van der Waals surface area contributed by atoms with Crippen LogP contribution in [-0.2, 0) is 4.79 Å². The second-order valence-electron chi connectivity index (χ2n) is 4.05. The van der Waals surface area contributed by atoms with Crippen molar-refractivity contribution in [2.45, 2.75) is 32.6 Å². The van der Waals surface area contributed by atoms with Crippen LogP contribution in [0.15, 0.2) is 24.8 Å². The molecule has 1 rings (SSSR count). The van der Waals surface area contributed by atoms with Crippen molar-refractivity contribution in [3.05, 3.63) is 30.3 Å². The molecule has 3 nitrogen and oxygen atoms in total. The third-order valence-corrected chi connectivity index (χ3v) is 2.63. The van der Waals surface area contributed by atoms with Crippen molar-refractivity contribution in [2.24, 2.45) is 0 Å². The van der Waals surface area contributed by atoms with Gasteiger partial charge in [0, 0.05) is 6.42 Å². The maximum absolute atomic E-state index is 11.6. The fourth-order valence-electron chi connectivity index (χ4n) is 1.59. The smallest absolute Gasteiger partial charge is 0.311 e. The molecule has 3 heteroatoms. The molecule has 0 N–H and O–H groups in total. The summed E-state index contributed by atoms with van der Waals surface area (Å²) in [6.07, 6.45) is 5.16. The number of rotatable bonds is 7. The Kier molecular flexibility index (Phi) is 5.98. The minimum Gasteiger partial charge on any atom is -0.493 e. The lowest BCUT2D eigenvalue weighted by atomic mass is 10.2. The van der Waals surface area contributed by atoms with Crippen molar-refractivity contribution in [1.82, 2.24) is 0 Å². The maximum atomic E-state index is 11.6. The van der Waals surface area contributed by atoms with Crippen LogP contribution < -0.4 is 9.47 Å². The predicted octanol–water partition coefficient (Wildman–Crippen LogP) is 3.82. The van der Waals surface area contributed by atoms with Gasteiger partial charge in [-0.1, -0.05) is 38.5 Å². The van der Waals surface area contributed by atoms with Gasteiger partial charge in [0.1, 0.15) is 0 Å². The molecule has 0 aliphatic heterocycles. The highest BCUT2D eigenvalue weighted by Crippen LogP contribution is 2.28. The standard InChI is InChI=1S/C15H20O3/c1-4-6-7-8-15(16)18-13-10-9-12(5-2)11-14(13)17-3/h5,9-11H,2,4,6-8H2,1,3H3. The highest BCUT2D eigenvalue weighted by atomic mass is 16.6. The Labute approximate surface area is 108 Å². The van der Waals surface area contributed by atoms with E-state index in [4.69, 9.17) is 9.47 Å². The minimum atomic E-state index is -0.215.